The number of rotatable bonds is 2. The molecule has 22 heavy (non-hydrogen) atoms. The second kappa shape index (κ2) is 5.07. The van der Waals surface area contributed by atoms with Crippen molar-refractivity contribution in [2.24, 2.45) is 0 Å². The summed E-state index contributed by atoms with van der Waals surface area (Å²) in [7, 11) is 0. The lowest BCUT2D eigenvalue weighted by Gasteiger charge is -2.05. The van der Waals surface area contributed by atoms with Gasteiger partial charge in [0.05, 0.1) is 28.8 Å². The summed E-state index contributed by atoms with van der Waals surface area (Å²) in [5.41, 5.74) is 5.58. The van der Waals surface area contributed by atoms with Crippen LogP contribution in [0.4, 0.5) is 0 Å². The quantitative estimate of drug-likeness (QED) is 0.606. The lowest BCUT2D eigenvalue weighted by molar-refractivity contribution is 1.08. The molecule has 0 amide bonds. The van der Waals surface area contributed by atoms with Crippen LogP contribution in [0, 0.1) is 6.92 Å². The normalized spacial score (nSPS) is 11.0. The minimum absolute atomic E-state index is 0.877. The zero-order valence-corrected chi connectivity index (χ0v) is 12.1. The number of nitrogens with one attached hydrogen (secondary N) is 1. The van der Waals surface area contributed by atoms with E-state index in [9.17, 15) is 0 Å². The van der Waals surface area contributed by atoms with Gasteiger partial charge in [-0.25, -0.2) is 4.98 Å². The summed E-state index contributed by atoms with van der Waals surface area (Å²) in [6, 6.07) is 18.1. The van der Waals surface area contributed by atoms with Gasteiger partial charge in [-0.15, -0.1) is 0 Å². The summed E-state index contributed by atoms with van der Waals surface area (Å²) in [5.74, 6) is 0. The topological polar surface area (TPSA) is 54.5 Å². The molecule has 3 aromatic heterocycles. The number of fused-ring (bicyclic) bond motifs is 1. The number of aryl methyl sites for hydroxylation is 1. The molecular weight excluding hydrogens is 272 g/mol. The van der Waals surface area contributed by atoms with E-state index in [-0.39, 0.29) is 0 Å². The Morgan fingerprint density at radius 2 is 1.73 bits per heavy atom. The molecule has 4 nitrogen and oxygen atoms in total. The third kappa shape index (κ3) is 2.15. The van der Waals surface area contributed by atoms with Gasteiger partial charge in [-0.05, 0) is 31.2 Å². The van der Waals surface area contributed by atoms with Gasteiger partial charge >= 0.3 is 0 Å². The van der Waals surface area contributed by atoms with Gasteiger partial charge < -0.3 is 0 Å². The lowest BCUT2D eigenvalue weighted by Crippen LogP contribution is -1.90. The first-order valence-corrected chi connectivity index (χ1v) is 7.15. The van der Waals surface area contributed by atoms with Crippen LogP contribution in [0.25, 0.3) is 33.5 Å². The van der Waals surface area contributed by atoms with Gasteiger partial charge in [0, 0.05) is 16.6 Å². The molecule has 0 saturated carbocycles. The van der Waals surface area contributed by atoms with Gasteiger partial charge in [-0.2, -0.15) is 5.10 Å². The monoisotopic (exact) mass is 286 g/mol. The Balaban J connectivity index is 1.87. The fourth-order valence-corrected chi connectivity index (χ4v) is 2.57. The Morgan fingerprint density at radius 3 is 2.64 bits per heavy atom. The molecule has 0 fully saturated rings. The summed E-state index contributed by atoms with van der Waals surface area (Å²) in [4.78, 5) is 9.30. The van der Waals surface area contributed by atoms with Crippen molar-refractivity contribution in [2.75, 3.05) is 0 Å². The van der Waals surface area contributed by atoms with Gasteiger partial charge in [0.1, 0.15) is 0 Å². The molecule has 106 valence electrons. The van der Waals surface area contributed by atoms with E-state index in [1.807, 2.05) is 49.4 Å². The van der Waals surface area contributed by atoms with Crippen molar-refractivity contribution >= 4 is 10.9 Å². The van der Waals surface area contributed by atoms with E-state index >= 15 is 0 Å². The van der Waals surface area contributed by atoms with Crippen LogP contribution in [-0.2, 0) is 0 Å². The van der Waals surface area contributed by atoms with Gasteiger partial charge in [-0.1, -0.05) is 30.3 Å². The summed E-state index contributed by atoms with van der Waals surface area (Å²) in [5, 5.41) is 8.35. The molecule has 0 aliphatic heterocycles. The van der Waals surface area contributed by atoms with E-state index in [1.54, 1.807) is 6.20 Å². The van der Waals surface area contributed by atoms with E-state index in [0.717, 1.165) is 39.2 Å². The number of hydrogen-bond donors (Lipinski definition) is 1. The van der Waals surface area contributed by atoms with Crippen LogP contribution < -0.4 is 0 Å². The third-order valence-corrected chi connectivity index (χ3v) is 3.66. The largest absolute Gasteiger partial charge is 0.276 e. The number of para-hydroxylation sites is 1. The lowest BCUT2D eigenvalue weighted by atomic mass is 10.1. The maximum absolute atomic E-state index is 4.74. The minimum atomic E-state index is 0.877. The zero-order chi connectivity index (χ0) is 14.9. The predicted octanol–water partition coefficient (Wildman–Crippen LogP) is 4.00. The van der Waals surface area contributed by atoms with Gasteiger partial charge in [0.15, 0.2) is 0 Å². The van der Waals surface area contributed by atoms with E-state index in [2.05, 4.69) is 27.3 Å². The van der Waals surface area contributed by atoms with E-state index in [1.165, 1.54) is 0 Å². The molecule has 0 radical (unpaired) electrons. The van der Waals surface area contributed by atoms with Crippen LogP contribution in [0.15, 0.2) is 60.8 Å². The summed E-state index contributed by atoms with van der Waals surface area (Å²) < 4.78 is 0. The third-order valence-electron chi connectivity index (χ3n) is 3.66. The van der Waals surface area contributed by atoms with Crippen molar-refractivity contribution in [1.29, 1.82) is 0 Å². The number of aromatic amines is 1. The molecule has 0 unspecified atom stereocenters. The van der Waals surface area contributed by atoms with Crippen molar-refractivity contribution in [3.63, 3.8) is 0 Å². The van der Waals surface area contributed by atoms with E-state index in [4.69, 9.17) is 4.98 Å². The number of benzene rings is 1. The smallest absolute Gasteiger partial charge is 0.0928 e. The predicted molar refractivity (Wildman–Crippen MR) is 87.3 cm³/mol. The Hall–Kier alpha value is -3.01. The summed E-state index contributed by atoms with van der Waals surface area (Å²) in [6.07, 6.45) is 1.80. The first-order valence-electron chi connectivity index (χ1n) is 7.15. The molecule has 0 bridgehead atoms. The highest BCUT2D eigenvalue weighted by atomic mass is 15.1. The summed E-state index contributed by atoms with van der Waals surface area (Å²) >= 11 is 0. The molecule has 0 saturated heterocycles. The molecule has 0 aliphatic rings. The maximum atomic E-state index is 4.74. The molecule has 1 aromatic carbocycles. The SMILES string of the molecule is Cc1cccc(-c2[nH]ncc2-c2ccc3ccccc3n2)n1. The van der Waals surface area contributed by atoms with Crippen molar-refractivity contribution in [3.05, 3.63) is 66.5 Å². The average molecular weight is 286 g/mol. The van der Waals surface area contributed by atoms with Crippen LogP contribution in [-0.4, -0.2) is 20.2 Å². The van der Waals surface area contributed by atoms with Crippen molar-refractivity contribution < 1.29 is 0 Å². The highest BCUT2D eigenvalue weighted by molar-refractivity contribution is 5.84. The Morgan fingerprint density at radius 1 is 0.818 bits per heavy atom. The molecule has 4 aromatic rings. The zero-order valence-electron chi connectivity index (χ0n) is 12.1. The first-order chi connectivity index (χ1) is 10.8. The van der Waals surface area contributed by atoms with Crippen LogP contribution in [0.3, 0.4) is 0 Å². The fraction of sp³-hybridized carbons (Fsp3) is 0.0556. The van der Waals surface area contributed by atoms with Crippen LogP contribution in [0.2, 0.25) is 0 Å². The molecule has 0 aliphatic carbocycles. The Bertz CT molecular complexity index is 956. The van der Waals surface area contributed by atoms with Crippen molar-refractivity contribution in [3.8, 4) is 22.6 Å². The number of pyridine rings is 2. The first kappa shape index (κ1) is 12.7. The summed E-state index contributed by atoms with van der Waals surface area (Å²) in [6.45, 7) is 1.98. The molecule has 4 heteroatoms. The molecule has 1 N–H and O–H groups in total. The average Bonchev–Trinajstić information content (AvgIpc) is 3.04. The van der Waals surface area contributed by atoms with E-state index in [0.29, 0.717) is 0 Å². The minimum Gasteiger partial charge on any atom is -0.276 e. The number of H-pyrrole nitrogens is 1. The second-order valence-electron chi connectivity index (χ2n) is 5.21. The van der Waals surface area contributed by atoms with Crippen molar-refractivity contribution in [1.82, 2.24) is 20.2 Å². The van der Waals surface area contributed by atoms with Gasteiger partial charge in [0.25, 0.3) is 0 Å². The van der Waals surface area contributed by atoms with E-state index < -0.39 is 0 Å². The Kier molecular flexibility index (Phi) is 2.93. The number of hydrogen-bond acceptors (Lipinski definition) is 3. The molecular formula is C18H14N4. The van der Waals surface area contributed by atoms with Crippen LogP contribution in [0.5, 0.6) is 0 Å². The van der Waals surface area contributed by atoms with Gasteiger partial charge in [-0.3, -0.25) is 10.1 Å². The molecule has 0 spiro atoms. The number of aromatic nitrogens is 4. The Labute approximate surface area is 127 Å². The van der Waals surface area contributed by atoms with Crippen LogP contribution in [0.1, 0.15) is 5.69 Å². The van der Waals surface area contributed by atoms with Crippen LogP contribution >= 0.6 is 0 Å². The second-order valence-corrected chi connectivity index (χ2v) is 5.21. The molecule has 0 atom stereocenters. The highest BCUT2D eigenvalue weighted by Crippen LogP contribution is 2.29. The maximum Gasteiger partial charge on any atom is 0.0928 e. The number of nitrogens with zero attached hydrogens (tertiary/aromatic N) is 3. The standard InChI is InChI=1S/C18H14N4/c1-12-5-4-8-17(20-12)18-14(11-19-22-18)16-10-9-13-6-2-3-7-15(13)21-16/h2-11H,1H3,(H,19,22). The molecule has 3 heterocycles. The van der Waals surface area contributed by atoms with Gasteiger partial charge in [0.2, 0.25) is 0 Å². The van der Waals surface area contributed by atoms with Crippen molar-refractivity contribution in [2.45, 2.75) is 6.92 Å². The fourth-order valence-electron chi connectivity index (χ4n) is 2.57. The highest BCUT2D eigenvalue weighted by Gasteiger charge is 2.12. The molecule has 4 rings (SSSR count).